The van der Waals surface area contributed by atoms with Gasteiger partial charge in [-0.2, -0.15) is 0 Å². The summed E-state index contributed by atoms with van der Waals surface area (Å²) in [5.74, 6) is 3.65. The Kier molecular flexibility index (Phi) is 12.3. The molecule has 39 heavy (non-hydrogen) atoms. The van der Waals surface area contributed by atoms with E-state index in [1.807, 2.05) is 36.7 Å². The summed E-state index contributed by atoms with van der Waals surface area (Å²) in [7, 11) is 0. The van der Waals surface area contributed by atoms with E-state index in [-0.39, 0.29) is 11.9 Å². The van der Waals surface area contributed by atoms with E-state index in [0.29, 0.717) is 11.7 Å². The Balaban J connectivity index is 1.19. The average molecular weight is 533 g/mol. The molecule has 0 radical (unpaired) electrons. The van der Waals surface area contributed by atoms with Gasteiger partial charge in [0.15, 0.2) is 5.82 Å². The van der Waals surface area contributed by atoms with Crippen LogP contribution in [0, 0.1) is 17.8 Å². The maximum absolute atomic E-state index is 12.8. The lowest BCUT2D eigenvalue weighted by Crippen LogP contribution is -2.25. The molecule has 1 aromatic heterocycles. The smallest absolute Gasteiger partial charge is 0.314 e. The van der Waals surface area contributed by atoms with Crippen LogP contribution in [-0.4, -0.2) is 15.9 Å². The first-order valence-electron chi connectivity index (χ1n) is 16.3. The number of ether oxygens (including phenoxy) is 1. The third kappa shape index (κ3) is 9.43. The summed E-state index contributed by atoms with van der Waals surface area (Å²) in [6.45, 7) is 4.55. The zero-order chi connectivity index (χ0) is 27.3. The van der Waals surface area contributed by atoms with Crippen LogP contribution in [0.2, 0.25) is 0 Å². The number of nitrogens with zero attached hydrogens (tertiary/aromatic N) is 2. The Morgan fingerprint density at radius 3 is 1.87 bits per heavy atom. The predicted molar refractivity (Wildman–Crippen MR) is 161 cm³/mol. The van der Waals surface area contributed by atoms with Crippen molar-refractivity contribution in [2.45, 2.75) is 135 Å². The summed E-state index contributed by atoms with van der Waals surface area (Å²) in [6.07, 6.45) is 27.1. The van der Waals surface area contributed by atoms with Crippen molar-refractivity contribution in [3.8, 4) is 17.1 Å². The first-order chi connectivity index (χ1) is 19.2. The lowest BCUT2D eigenvalue weighted by molar-refractivity contribution is -0.140. The minimum absolute atomic E-state index is 0.0447. The van der Waals surface area contributed by atoms with Crippen LogP contribution in [0.4, 0.5) is 0 Å². The van der Waals surface area contributed by atoms with Crippen molar-refractivity contribution in [1.29, 1.82) is 0 Å². The van der Waals surface area contributed by atoms with Gasteiger partial charge in [-0.15, -0.1) is 0 Å². The number of aromatic nitrogens is 2. The van der Waals surface area contributed by atoms with Gasteiger partial charge in [-0.3, -0.25) is 4.79 Å². The van der Waals surface area contributed by atoms with Gasteiger partial charge < -0.3 is 4.74 Å². The molecule has 0 bridgehead atoms. The maximum atomic E-state index is 12.8. The summed E-state index contributed by atoms with van der Waals surface area (Å²) < 4.78 is 5.76. The first-order valence-corrected chi connectivity index (χ1v) is 16.3. The fraction of sp³-hybridized carbons (Fsp3) is 0.686. The van der Waals surface area contributed by atoms with E-state index in [4.69, 9.17) is 14.7 Å². The second kappa shape index (κ2) is 16.1. The quantitative estimate of drug-likeness (QED) is 0.138. The van der Waals surface area contributed by atoms with Gasteiger partial charge in [0.25, 0.3) is 0 Å². The van der Waals surface area contributed by atoms with E-state index in [0.717, 1.165) is 36.1 Å². The van der Waals surface area contributed by atoms with Crippen molar-refractivity contribution in [2.24, 2.45) is 17.8 Å². The van der Waals surface area contributed by atoms with Crippen molar-refractivity contribution >= 4 is 5.97 Å². The molecule has 2 fully saturated rings. The molecule has 2 aromatic rings. The predicted octanol–water partition coefficient (Wildman–Crippen LogP) is 10.1. The summed E-state index contributed by atoms with van der Waals surface area (Å²) in [5.41, 5.74) is 2.24. The van der Waals surface area contributed by atoms with Gasteiger partial charge in [-0.25, -0.2) is 9.97 Å². The number of hydrogen-bond acceptors (Lipinski definition) is 4. The summed E-state index contributed by atoms with van der Waals surface area (Å²) >= 11 is 0. The normalized spacial score (nSPS) is 23.4. The number of rotatable bonds is 14. The molecule has 0 aliphatic heterocycles. The zero-order valence-electron chi connectivity index (χ0n) is 24.7. The molecule has 2 aliphatic rings. The molecule has 4 rings (SSSR count). The van der Waals surface area contributed by atoms with Gasteiger partial charge in [0, 0.05) is 18.0 Å². The van der Waals surface area contributed by atoms with Gasteiger partial charge in [0.2, 0.25) is 0 Å². The Bertz CT molecular complexity index is 955. The molecular weight excluding hydrogens is 480 g/mol. The van der Waals surface area contributed by atoms with Crippen LogP contribution >= 0.6 is 0 Å². The molecule has 2 aliphatic carbocycles. The number of esters is 1. The topological polar surface area (TPSA) is 52.1 Å². The van der Waals surface area contributed by atoms with Crippen molar-refractivity contribution < 1.29 is 9.53 Å². The molecule has 1 aromatic carbocycles. The van der Waals surface area contributed by atoms with E-state index < -0.39 is 0 Å². The summed E-state index contributed by atoms with van der Waals surface area (Å²) in [4.78, 5) is 22.2. The number of unbranched alkanes of at least 4 members (excludes halogenated alkanes) is 6. The minimum Gasteiger partial charge on any atom is -0.426 e. The third-order valence-electron chi connectivity index (χ3n) is 9.43. The Labute approximate surface area is 237 Å². The SMILES string of the molecule is CCCCCCCC1CCC(C(=O)Oc2ccc(-c3ncc([C@H]4CC[C@H](CCCCC)CC4)cn3)cc2)CC1. The number of carbonyl (C=O) groups is 1. The van der Waals surface area contributed by atoms with Gasteiger partial charge in [0.05, 0.1) is 5.92 Å². The zero-order valence-corrected chi connectivity index (χ0v) is 24.7. The fourth-order valence-corrected chi connectivity index (χ4v) is 6.76. The number of carbonyl (C=O) groups excluding carboxylic acids is 1. The summed E-state index contributed by atoms with van der Waals surface area (Å²) in [6, 6.07) is 7.70. The molecule has 0 N–H and O–H groups in total. The molecule has 214 valence electrons. The van der Waals surface area contributed by atoms with Crippen LogP contribution in [0.3, 0.4) is 0 Å². The first kappa shape index (κ1) is 29.7. The average Bonchev–Trinajstić information content (AvgIpc) is 2.98. The maximum Gasteiger partial charge on any atom is 0.314 e. The highest BCUT2D eigenvalue weighted by atomic mass is 16.5. The van der Waals surface area contributed by atoms with E-state index in [1.54, 1.807) is 0 Å². The van der Waals surface area contributed by atoms with Crippen LogP contribution in [0.25, 0.3) is 11.4 Å². The van der Waals surface area contributed by atoms with Crippen LogP contribution in [0.15, 0.2) is 36.7 Å². The highest BCUT2D eigenvalue weighted by Gasteiger charge is 2.27. The van der Waals surface area contributed by atoms with Gasteiger partial charge in [0.1, 0.15) is 5.75 Å². The monoisotopic (exact) mass is 532 g/mol. The van der Waals surface area contributed by atoms with Crippen molar-refractivity contribution in [3.05, 3.63) is 42.2 Å². The van der Waals surface area contributed by atoms with Crippen LogP contribution < -0.4 is 4.74 Å². The standard InChI is InChI=1S/C35H52N2O2/c1-3-5-7-8-10-12-28-15-19-31(20-16-28)35(38)39-33-23-21-30(22-24-33)34-36-25-32(26-37-34)29-17-13-27(14-18-29)11-9-6-4-2/h21-29,31H,3-20H2,1-2H3/t27-,28?,29-,31?. The molecule has 0 spiro atoms. The van der Waals surface area contributed by atoms with Gasteiger partial charge in [-0.1, -0.05) is 78.1 Å². The third-order valence-corrected chi connectivity index (χ3v) is 9.43. The highest BCUT2D eigenvalue weighted by molar-refractivity contribution is 5.75. The highest BCUT2D eigenvalue weighted by Crippen LogP contribution is 2.38. The second-order valence-electron chi connectivity index (χ2n) is 12.4. The molecule has 2 saturated carbocycles. The Hall–Kier alpha value is -2.23. The summed E-state index contributed by atoms with van der Waals surface area (Å²) in [5, 5.41) is 0. The Morgan fingerprint density at radius 2 is 1.26 bits per heavy atom. The molecule has 1 heterocycles. The molecule has 0 atom stereocenters. The fourth-order valence-electron chi connectivity index (χ4n) is 6.76. The molecule has 4 nitrogen and oxygen atoms in total. The van der Waals surface area contributed by atoms with E-state index in [2.05, 4.69) is 13.8 Å². The number of benzene rings is 1. The van der Waals surface area contributed by atoms with Gasteiger partial charge >= 0.3 is 5.97 Å². The van der Waals surface area contributed by atoms with E-state index >= 15 is 0 Å². The van der Waals surface area contributed by atoms with Crippen LogP contribution in [0.1, 0.15) is 141 Å². The molecule has 0 unspecified atom stereocenters. The molecule has 4 heteroatoms. The lowest BCUT2D eigenvalue weighted by Gasteiger charge is -2.28. The van der Waals surface area contributed by atoms with Gasteiger partial charge in [-0.05, 0) is 98.9 Å². The lowest BCUT2D eigenvalue weighted by atomic mass is 9.77. The largest absolute Gasteiger partial charge is 0.426 e. The molecule has 0 amide bonds. The molecule has 0 saturated heterocycles. The van der Waals surface area contributed by atoms with Crippen molar-refractivity contribution in [3.63, 3.8) is 0 Å². The van der Waals surface area contributed by atoms with Crippen molar-refractivity contribution in [2.75, 3.05) is 0 Å². The minimum atomic E-state index is -0.0650. The van der Waals surface area contributed by atoms with Crippen molar-refractivity contribution in [1.82, 2.24) is 9.97 Å². The second-order valence-corrected chi connectivity index (χ2v) is 12.4. The Morgan fingerprint density at radius 1 is 0.718 bits per heavy atom. The number of hydrogen-bond donors (Lipinski definition) is 0. The van der Waals surface area contributed by atoms with Crippen LogP contribution in [-0.2, 0) is 4.79 Å². The van der Waals surface area contributed by atoms with E-state index in [9.17, 15) is 4.79 Å². The van der Waals surface area contributed by atoms with Crippen LogP contribution in [0.5, 0.6) is 5.75 Å². The van der Waals surface area contributed by atoms with E-state index in [1.165, 1.54) is 108 Å². The molecular formula is C35H52N2O2.